The minimum Gasteiger partial charge on any atom is -0.481 e. The van der Waals surface area contributed by atoms with E-state index >= 15 is 0 Å². The standard InChI is InChI=1S/C13H19N3O4/c17-10-5-4-9(15-16-10)12(20)14-13(8-11(18)19)6-2-1-3-7-13/h1-8H2,(H,14,20)(H,16,17)(H,18,19). The Kier molecular flexibility index (Phi) is 4.36. The number of carboxylic acids is 1. The zero-order valence-electron chi connectivity index (χ0n) is 11.3. The largest absolute Gasteiger partial charge is 0.481 e. The van der Waals surface area contributed by atoms with Crippen LogP contribution in [-0.2, 0) is 14.4 Å². The van der Waals surface area contributed by atoms with Crippen molar-refractivity contribution >= 4 is 23.5 Å². The Labute approximate surface area is 116 Å². The van der Waals surface area contributed by atoms with Gasteiger partial charge in [-0.15, -0.1) is 0 Å². The van der Waals surface area contributed by atoms with Gasteiger partial charge in [-0.1, -0.05) is 19.3 Å². The van der Waals surface area contributed by atoms with E-state index in [0.29, 0.717) is 19.3 Å². The summed E-state index contributed by atoms with van der Waals surface area (Å²) in [5, 5.41) is 15.6. The van der Waals surface area contributed by atoms with Gasteiger partial charge in [0.2, 0.25) is 5.91 Å². The van der Waals surface area contributed by atoms with Gasteiger partial charge in [-0.25, -0.2) is 5.43 Å². The van der Waals surface area contributed by atoms with E-state index in [4.69, 9.17) is 5.11 Å². The molecule has 1 aliphatic carbocycles. The minimum atomic E-state index is -0.911. The first kappa shape index (κ1) is 14.5. The fourth-order valence-electron chi connectivity index (χ4n) is 2.81. The molecule has 1 saturated carbocycles. The predicted octanol–water partition coefficient (Wildman–Crippen LogP) is 0.546. The lowest BCUT2D eigenvalue weighted by atomic mass is 9.79. The third-order valence-electron chi connectivity index (χ3n) is 3.85. The summed E-state index contributed by atoms with van der Waals surface area (Å²) < 4.78 is 0. The van der Waals surface area contributed by atoms with Crippen LogP contribution in [0.4, 0.5) is 0 Å². The summed E-state index contributed by atoms with van der Waals surface area (Å²) in [6, 6.07) is 0. The molecule has 20 heavy (non-hydrogen) atoms. The van der Waals surface area contributed by atoms with Crippen LogP contribution in [0.5, 0.6) is 0 Å². The molecule has 2 amide bonds. The molecule has 0 atom stereocenters. The molecular formula is C13H19N3O4. The van der Waals surface area contributed by atoms with Crippen LogP contribution in [0, 0.1) is 0 Å². The smallest absolute Gasteiger partial charge is 0.305 e. The molecule has 7 heteroatoms. The summed E-state index contributed by atoms with van der Waals surface area (Å²) in [7, 11) is 0. The zero-order valence-corrected chi connectivity index (χ0v) is 11.3. The number of hydrazone groups is 1. The molecule has 1 fully saturated rings. The Morgan fingerprint density at radius 3 is 2.50 bits per heavy atom. The first-order valence-corrected chi connectivity index (χ1v) is 6.90. The summed E-state index contributed by atoms with van der Waals surface area (Å²) in [5.41, 5.74) is 1.86. The quantitative estimate of drug-likeness (QED) is 0.699. The number of amides is 2. The van der Waals surface area contributed by atoms with Gasteiger partial charge in [0.1, 0.15) is 5.71 Å². The van der Waals surface area contributed by atoms with Crippen LogP contribution in [-0.4, -0.2) is 34.1 Å². The second-order valence-electron chi connectivity index (χ2n) is 5.46. The molecule has 0 unspecified atom stereocenters. The Morgan fingerprint density at radius 1 is 1.25 bits per heavy atom. The van der Waals surface area contributed by atoms with Crippen LogP contribution in [0.15, 0.2) is 5.10 Å². The van der Waals surface area contributed by atoms with E-state index in [2.05, 4.69) is 15.8 Å². The second-order valence-corrected chi connectivity index (χ2v) is 5.46. The zero-order chi connectivity index (χ0) is 14.6. The minimum absolute atomic E-state index is 0.0711. The number of carbonyl (C=O) groups is 3. The number of nitrogens with one attached hydrogen (secondary N) is 2. The van der Waals surface area contributed by atoms with E-state index in [1.165, 1.54) is 0 Å². The van der Waals surface area contributed by atoms with Crippen molar-refractivity contribution in [1.29, 1.82) is 0 Å². The highest BCUT2D eigenvalue weighted by molar-refractivity contribution is 6.39. The van der Waals surface area contributed by atoms with Crippen molar-refractivity contribution in [3.8, 4) is 0 Å². The first-order valence-electron chi connectivity index (χ1n) is 6.90. The van der Waals surface area contributed by atoms with E-state index in [1.807, 2.05) is 0 Å². The molecule has 110 valence electrons. The lowest BCUT2D eigenvalue weighted by Crippen LogP contribution is -2.53. The number of hydrogen-bond acceptors (Lipinski definition) is 4. The molecule has 1 aliphatic heterocycles. The number of hydrogen-bond donors (Lipinski definition) is 3. The van der Waals surface area contributed by atoms with Gasteiger partial charge in [0, 0.05) is 12.8 Å². The maximum Gasteiger partial charge on any atom is 0.305 e. The first-order chi connectivity index (χ1) is 9.51. The second kappa shape index (κ2) is 6.02. The molecule has 3 N–H and O–H groups in total. The van der Waals surface area contributed by atoms with E-state index < -0.39 is 11.5 Å². The van der Waals surface area contributed by atoms with Crippen molar-refractivity contribution in [2.24, 2.45) is 5.10 Å². The Morgan fingerprint density at radius 2 is 1.95 bits per heavy atom. The third-order valence-corrected chi connectivity index (χ3v) is 3.85. The van der Waals surface area contributed by atoms with Crippen molar-refractivity contribution in [3.63, 3.8) is 0 Å². The third kappa shape index (κ3) is 3.55. The topological polar surface area (TPSA) is 108 Å². The molecule has 2 rings (SSSR count). The number of carboxylic acid groups (broad SMARTS) is 1. The predicted molar refractivity (Wildman–Crippen MR) is 71.0 cm³/mol. The number of nitrogens with zero attached hydrogens (tertiary/aromatic N) is 1. The van der Waals surface area contributed by atoms with Crippen LogP contribution in [0.2, 0.25) is 0 Å². The monoisotopic (exact) mass is 281 g/mol. The maximum atomic E-state index is 12.2. The fourth-order valence-corrected chi connectivity index (χ4v) is 2.81. The average Bonchev–Trinajstić information content (AvgIpc) is 2.39. The fraction of sp³-hybridized carbons (Fsp3) is 0.692. The van der Waals surface area contributed by atoms with Gasteiger partial charge in [0.15, 0.2) is 0 Å². The van der Waals surface area contributed by atoms with Gasteiger partial charge in [0.25, 0.3) is 5.91 Å². The molecule has 0 radical (unpaired) electrons. The number of rotatable bonds is 4. The molecule has 0 aromatic rings. The van der Waals surface area contributed by atoms with Crippen molar-refractivity contribution < 1.29 is 19.5 Å². The normalized spacial score (nSPS) is 21.6. The maximum absolute atomic E-state index is 12.2. The molecular weight excluding hydrogens is 262 g/mol. The average molecular weight is 281 g/mol. The van der Waals surface area contributed by atoms with Crippen molar-refractivity contribution in [1.82, 2.24) is 10.7 Å². The SMILES string of the molecule is O=C(O)CC1(NC(=O)C2=NNC(=O)CC2)CCCCC1. The van der Waals surface area contributed by atoms with Crippen molar-refractivity contribution in [3.05, 3.63) is 0 Å². The molecule has 0 aromatic carbocycles. The summed E-state index contributed by atoms with van der Waals surface area (Å²) in [6.45, 7) is 0. The summed E-state index contributed by atoms with van der Waals surface area (Å²) >= 11 is 0. The van der Waals surface area contributed by atoms with Crippen LogP contribution in [0.3, 0.4) is 0 Å². The molecule has 2 aliphatic rings. The van der Waals surface area contributed by atoms with Crippen molar-refractivity contribution in [2.45, 2.75) is 56.9 Å². The summed E-state index contributed by atoms with van der Waals surface area (Å²) in [5.74, 6) is -1.49. The van der Waals surface area contributed by atoms with Crippen molar-refractivity contribution in [2.75, 3.05) is 0 Å². The van der Waals surface area contributed by atoms with Gasteiger partial charge in [-0.3, -0.25) is 14.4 Å². The molecule has 0 saturated heterocycles. The number of carbonyl (C=O) groups excluding carboxylic acids is 2. The van der Waals surface area contributed by atoms with Gasteiger partial charge in [-0.05, 0) is 12.8 Å². The number of aliphatic carboxylic acids is 1. The van der Waals surface area contributed by atoms with Crippen LogP contribution in [0.1, 0.15) is 51.4 Å². The highest BCUT2D eigenvalue weighted by Crippen LogP contribution is 2.31. The highest BCUT2D eigenvalue weighted by Gasteiger charge is 2.37. The van der Waals surface area contributed by atoms with Crippen LogP contribution in [0.25, 0.3) is 0 Å². The Hall–Kier alpha value is -1.92. The van der Waals surface area contributed by atoms with Gasteiger partial charge in [-0.2, -0.15) is 5.10 Å². The van der Waals surface area contributed by atoms with Crippen LogP contribution < -0.4 is 10.7 Å². The van der Waals surface area contributed by atoms with E-state index in [-0.39, 0.29) is 30.4 Å². The Bertz CT molecular complexity index is 453. The highest BCUT2D eigenvalue weighted by atomic mass is 16.4. The lowest BCUT2D eigenvalue weighted by Gasteiger charge is -2.37. The van der Waals surface area contributed by atoms with E-state index in [1.54, 1.807) is 0 Å². The molecule has 0 aromatic heterocycles. The molecule has 0 spiro atoms. The molecule has 1 heterocycles. The van der Waals surface area contributed by atoms with Gasteiger partial charge >= 0.3 is 5.97 Å². The summed E-state index contributed by atoms with van der Waals surface area (Å²) in [4.78, 5) is 34.2. The van der Waals surface area contributed by atoms with Gasteiger partial charge in [0.05, 0.1) is 12.0 Å². The summed E-state index contributed by atoms with van der Waals surface area (Å²) in [6.07, 6.45) is 4.69. The molecule has 0 bridgehead atoms. The Balaban J connectivity index is 2.05. The van der Waals surface area contributed by atoms with Gasteiger partial charge < -0.3 is 10.4 Å². The van der Waals surface area contributed by atoms with E-state index in [0.717, 1.165) is 19.3 Å². The van der Waals surface area contributed by atoms with Crippen LogP contribution >= 0.6 is 0 Å². The lowest BCUT2D eigenvalue weighted by molar-refractivity contribution is -0.139. The molecule has 7 nitrogen and oxygen atoms in total. The van der Waals surface area contributed by atoms with E-state index in [9.17, 15) is 14.4 Å².